The molecule has 2 heterocycles. The van der Waals surface area contributed by atoms with Gasteiger partial charge < -0.3 is 10.1 Å². The number of fused-ring (bicyclic) bond motifs is 1. The Kier molecular flexibility index (Phi) is 4.87. The molecule has 0 unspecified atom stereocenters. The summed E-state index contributed by atoms with van der Waals surface area (Å²) in [5.41, 5.74) is 4.89. The first-order valence-electron chi connectivity index (χ1n) is 7.85. The lowest BCUT2D eigenvalue weighted by atomic mass is 9.99. The number of aromatic amines is 1. The Morgan fingerprint density at radius 1 is 1.41 bits per heavy atom. The fourth-order valence-corrected chi connectivity index (χ4v) is 2.82. The van der Waals surface area contributed by atoms with Crippen molar-refractivity contribution in [3.05, 3.63) is 35.5 Å². The van der Waals surface area contributed by atoms with E-state index < -0.39 is 0 Å². The summed E-state index contributed by atoms with van der Waals surface area (Å²) in [6, 6.07) is 6.56. The van der Waals surface area contributed by atoms with Crippen LogP contribution in [0.1, 0.15) is 17.7 Å². The predicted molar refractivity (Wildman–Crippen MR) is 89.8 cm³/mol. The van der Waals surface area contributed by atoms with Gasteiger partial charge in [-0.25, -0.2) is 0 Å². The van der Waals surface area contributed by atoms with Crippen molar-refractivity contribution in [2.75, 3.05) is 40.4 Å². The summed E-state index contributed by atoms with van der Waals surface area (Å²) >= 11 is 0. The highest BCUT2D eigenvalue weighted by Gasteiger charge is 2.12. The van der Waals surface area contributed by atoms with Crippen LogP contribution in [0, 0.1) is 0 Å². The molecule has 0 radical (unpaired) electrons. The van der Waals surface area contributed by atoms with Gasteiger partial charge in [-0.05, 0) is 43.8 Å². The van der Waals surface area contributed by atoms with Crippen molar-refractivity contribution in [2.24, 2.45) is 0 Å². The maximum absolute atomic E-state index is 5.40. The molecule has 1 aliphatic heterocycles. The second kappa shape index (κ2) is 7.05. The molecule has 22 heavy (non-hydrogen) atoms. The normalized spacial score (nSPS) is 15.5. The third-order valence-corrected chi connectivity index (χ3v) is 4.14. The Hall–Kier alpha value is -1.69. The molecule has 0 fully saturated rings. The number of rotatable bonds is 6. The number of H-pyrrole nitrogens is 1. The first-order valence-corrected chi connectivity index (χ1v) is 7.85. The minimum Gasteiger partial charge on any atom is -0.377 e. The van der Waals surface area contributed by atoms with Gasteiger partial charge in [-0.1, -0.05) is 12.1 Å². The third-order valence-electron chi connectivity index (χ3n) is 4.14. The maximum atomic E-state index is 5.40. The van der Waals surface area contributed by atoms with E-state index in [1.54, 1.807) is 0 Å². The highest BCUT2D eigenvalue weighted by Crippen LogP contribution is 2.26. The summed E-state index contributed by atoms with van der Waals surface area (Å²) in [6.07, 6.45) is 3.17. The van der Waals surface area contributed by atoms with Crippen molar-refractivity contribution < 1.29 is 4.74 Å². The molecule has 1 aromatic heterocycles. The maximum Gasteiger partial charge on any atom is 0.0841 e. The van der Waals surface area contributed by atoms with Crippen LogP contribution in [-0.2, 0) is 11.3 Å². The molecule has 3 rings (SSSR count). The van der Waals surface area contributed by atoms with Crippen LogP contribution in [0.4, 0.5) is 0 Å². The Morgan fingerprint density at radius 2 is 2.32 bits per heavy atom. The fourth-order valence-electron chi connectivity index (χ4n) is 2.82. The molecular formula is C17H24N4O. The number of hydrogen-bond acceptors (Lipinski definition) is 4. The number of aromatic nitrogens is 2. The van der Waals surface area contributed by atoms with Crippen molar-refractivity contribution >= 4 is 16.5 Å². The van der Waals surface area contributed by atoms with E-state index in [0.29, 0.717) is 0 Å². The molecule has 118 valence electrons. The minimum absolute atomic E-state index is 0.721. The van der Waals surface area contributed by atoms with Gasteiger partial charge in [-0.3, -0.25) is 10.00 Å². The zero-order valence-electron chi connectivity index (χ0n) is 13.4. The number of nitrogens with zero attached hydrogens (tertiary/aromatic N) is 2. The van der Waals surface area contributed by atoms with Gasteiger partial charge in [-0.2, -0.15) is 5.10 Å². The third kappa shape index (κ3) is 3.38. The van der Waals surface area contributed by atoms with Gasteiger partial charge in [0.25, 0.3) is 0 Å². The van der Waals surface area contributed by atoms with Gasteiger partial charge in [0.1, 0.15) is 0 Å². The van der Waals surface area contributed by atoms with Crippen molar-refractivity contribution in [1.29, 1.82) is 0 Å². The average molecular weight is 300 g/mol. The summed E-state index contributed by atoms with van der Waals surface area (Å²) in [7, 11) is 4.11. The Labute approximate surface area is 131 Å². The van der Waals surface area contributed by atoms with Crippen LogP contribution in [0.25, 0.3) is 16.5 Å². The van der Waals surface area contributed by atoms with Gasteiger partial charge in [-0.15, -0.1) is 0 Å². The SMILES string of the molecule is CNCCN(C)Cc1n[nH]c2ccc(C3=CCOCC3)cc12. The van der Waals surface area contributed by atoms with Gasteiger partial charge >= 0.3 is 0 Å². The molecule has 1 aromatic carbocycles. The monoisotopic (exact) mass is 300 g/mol. The van der Waals surface area contributed by atoms with E-state index in [9.17, 15) is 0 Å². The Bertz CT molecular complexity index is 662. The zero-order valence-corrected chi connectivity index (χ0v) is 13.4. The number of nitrogens with one attached hydrogen (secondary N) is 2. The molecule has 0 saturated heterocycles. The first-order chi connectivity index (χ1) is 10.8. The summed E-state index contributed by atoms with van der Waals surface area (Å²) in [5.74, 6) is 0. The number of likely N-dealkylation sites (N-methyl/N-ethyl adjacent to an activating group) is 2. The molecule has 0 spiro atoms. The molecule has 2 N–H and O–H groups in total. The molecule has 0 bridgehead atoms. The highest BCUT2D eigenvalue weighted by atomic mass is 16.5. The van der Waals surface area contributed by atoms with Crippen molar-refractivity contribution in [3.8, 4) is 0 Å². The van der Waals surface area contributed by atoms with E-state index in [0.717, 1.165) is 50.5 Å². The number of ether oxygens (including phenoxy) is 1. The first kappa shape index (κ1) is 15.2. The summed E-state index contributed by atoms with van der Waals surface area (Å²) in [4.78, 5) is 2.28. The summed E-state index contributed by atoms with van der Waals surface area (Å²) in [5, 5.41) is 12.0. The average Bonchev–Trinajstić information content (AvgIpc) is 2.96. The van der Waals surface area contributed by atoms with E-state index in [-0.39, 0.29) is 0 Å². The summed E-state index contributed by atoms with van der Waals surface area (Å²) in [6.45, 7) is 4.38. The highest BCUT2D eigenvalue weighted by molar-refractivity contribution is 5.85. The number of benzene rings is 1. The fraction of sp³-hybridized carbons (Fsp3) is 0.471. The van der Waals surface area contributed by atoms with Gasteiger partial charge in [0.05, 0.1) is 24.4 Å². The van der Waals surface area contributed by atoms with E-state index in [1.807, 2.05) is 7.05 Å². The lowest BCUT2D eigenvalue weighted by Gasteiger charge is -2.15. The summed E-state index contributed by atoms with van der Waals surface area (Å²) < 4.78 is 5.40. The van der Waals surface area contributed by atoms with E-state index in [2.05, 4.69) is 51.7 Å². The molecular weight excluding hydrogens is 276 g/mol. The predicted octanol–water partition coefficient (Wildman–Crippen LogP) is 2.02. The van der Waals surface area contributed by atoms with E-state index >= 15 is 0 Å². The Balaban J connectivity index is 1.83. The quantitative estimate of drug-likeness (QED) is 0.857. The smallest absolute Gasteiger partial charge is 0.0841 e. The van der Waals surface area contributed by atoms with Crippen LogP contribution >= 0.6 is 0 Å². The molecule has 0 amide bonds. The van der Waals surface area contributed by atoms with Crippen LogP contribution in [-0.4, -0.2) is 55.5 Å². The Morgan fingerprint density at radius 3 is 3.09 bits per heavy atom. The van der Waals surface area contributed by atoms with Crippen molar-refractivity contribution in [2.45, 2.75) is 13.0 Å². The second-order valence-electron chi connectivity index (χ2n) is 5.83. The topological polar surface area (TPSA) is 53.2 Å². The van der Waals surface area contributed by atoms with Crippen LogP contribution in [0.15, 0.2) is 24.3 Å². The molecule has 0 saturated carbocycles. The van der Waals surface area contributed by atoms with Crippen LogP contribution in [0.2, 0.25) is 0 Å². The standard InChI is InChI=1S/C17H24N4O/c1-18-7-8-21(2)12-17-15-11-14(3-4-16(15)19-20-17)13-5-9-22-10-6-13/h3-5,11,18H,6-10,12H2,1-2H3,(H,19,20). The molecule has 1 aliphatic rings. The van der Waals surface area contributed by atoms with Gasteiger partial charge in [0.2, 0.25) is 0 Å². The van der Waals surface area contributed by atoms with Crippen LogP contribution in [0.5, 0.6) is 0 Å². The van der Waals surface area contributed by atoms with E-state index in [1.165, 1.54) is 16.5 Å². The van der Waals surface area contributed by atoms with Gasteiger partial charge in [0, 0.05) is 25.0 Å². The molecule has 2 aromatic rings. The second-order valence-corrected chi connectivity index (χ2v) is 5.83. The largest absolute Gasteiger partial charge is 0.377 e. The van der Waals surface area contributed by atoms with E-state index in [4.69, 9.17) is 4.74 Å². The molecule has 5 heteroatoms. The molecule has 0 aliphatic carbocycles. The lowest BCUT2D eigenvalue weighted by Crippen LogP contribution is -2.27. The minimum atomic E-state index is 0.721. The van der Waals surface area contributed by atoms with Crippen LogP contribution < -0.4 is 5.32 Å². The van der Waals surface area contributed by atoms with Crippen molar-refractivity contribution in [1.82, 2.24) is 20.4 Å². The van der Waals surface area contributed by atoms with Crippen LogP contribution in [0.3, 0.4) is 0 Å². The van der Waals surface area contributed by atoms with Gasteiger partial charge in [0.15, 0.2) is 0 Å². The zero-order chi connectivity index (χ0) is 15.4. The van der Waals surface area contributed by atoms with Crippen molar-refractivity contribution in [3.63, 3.8) is 0 Å². The molecule has 5 nitrogen and oxygen atoms in total. The molecule has 0 atom stereocenters. The lowest BCUT2D eigenvalue weighted by molar-refractivity contribution is 0.161. The number of hydrogen-bond donors (Lipinski definition) is 2.